The van der Waals surface area contributed by atoms with E-state index in [9.17, 15) is 0 Å². The molecule has 0 spiro atoms. The number of hydrogen-bond acceptors (Lipinski definition) is 0. The topological polar surface area (TPSA) is 8.29 Å². The summed E-state index contributed by atoms with van der Waals surface area (Å²) in [5, 5.41) is 0. The lowest BCUT2D eigenvalue weighted by molar-refractivity contribution is -0.595. The van der Waals surface area contributed by atoms with Gasteiger partial charge in [0, 0.05) is 17.0 Å². The second-order valence-corrected chi connectivity index (χ2v) is 10.3. The molecule has 2 heterocycles. The molecule has 0 amide bonds. The molecule has 0 radical (unpaired) electrons. The molecule has 6 rings (SSSR count). The van der Waals surface area contributed by atoms with Crippen LogP contribution >= 0.6 is 0 Å². The van der Waals surface area contributed by atoms with Crippen LogP contribution in [0.25, 0.3) is 11.2 Å². The van der Waals surface area contributed by atoms with E-state index in [4.69, 9.17) is 0 Å². The van der Waals surface area contributed by atoms with Gasteiger partial charge in [0.05, 0.1) is 0 Å². The summed E-state index contributed by atoms with van der Waals surface area (Å²) in [5.74, 6) is 2.56. The molecule has 2 atom stereocenters. The van der Waals surface area contributed by atoms with E-state index in [1.807, 2.05) is 0 Å². The first-order valence-electron chi connectivity index (χ1n) is 11.0. The lowest BCUT2D eigenvalue weighted by Crippen LogP contribution is -2.49. The molecule has 1 aromatic carbocycles. The van der Waals surface area contributed by atoms with Gasteiger partial charge in [-0.2, -0.15) is 4.40 Å². The average Bonchev–Trinajstić information content (AvgIpc) is 3.11. The Morgan fingerprint density at radius 1 is 1.00 bits per heavy atom. The zero-order valence-corrected chi connectivity index (χ0v) is 18.2. The number of pyridine rings is 1. The maximum atomic E-state index is 2.50. The van der Waals surface area contributed by atoms with Gasteiger partial charge in [0.1, 0.15) is 17.6 Å². The molecular weight excluding hydrogens is 340 g/mol. The normalized spacial score (nSPS) is 22.6. The quantitative estimate of drug-likeness (QED) is 0.487. The van der Waals surface area contributed by atoms with Gasteiger partial charge in [-0.15, -0.1) is 0 Å². The first kappa shape index (κ1) is 18.0. The summed E-state index contributed by atoms with van der Waals surface area (Å²) < 4.78 is 4.90. The van der Waals surface area contributed by atoms with Gasteiger partial charge in [0.2, 0.25) is 0 Å². The zero-order chi connectivity index (χ0) is 19.8. The fourth-order valence-electron chi connectivity index (χ4n) is 5.77. The third-order valence-electron chi connectivity index (χ3n) is 7.70. The van der Waals surface area contributed by atoms with Crippen molar-refractivity contribution in [1.82, 2.24) is 4.40 Å². The van der Waals surface area contributed by atoms with Crippen LogP contribution in [0.5, 0.6) is 0 Å². The molecule has 3 aliphatic carbocycles. The van der Waals surface area contributed by atoms with Gasteiger partial charge >= 0.3 is 0 Å². The fourth-order valence-corrected chi connectivity index (χ4v) is 5.77. The number of nitrogens with zero attached hydrogens (tertiary/aromatic N) is 2. The minimum absolute atomic E-state index is 0.440. The molecule has 1 fully saturated rings. The van der Waals surface area contributed by atoms with E-state index in [1.54, 1.807) is 11.3 Å². The molecular formula is C26H33N2+. The Balaban J connectivity index is 1.74. The van der Waals surface area contributed by atoms with Crippen molar-refractivity contribution in [3.63, 3.8) is 0 Å². The number of para-hydroxylation sites is 1. The summed E-state index contributed by atoms with van der Waals surface area (Å²) in [4.78, 5) is 0. The van der Waals surface area contributed by atoms with Crippen LogP contribution < -0.4 is 4.57 Å². The van der Waals surface area contributed by atoms with E-state index >= 15 is 0 Å². The third kappa shape index (κ3) is 2.36. The molecule has 0 saturated heterocycles. The molecule has 2 heteroatoms. The van der Waals surface area contributed by atoms with Crippen molar-refractivity contribution in [1.29, 1.82) is 0 Å². The largest absolute Gasteiger partial charge is 0.254 e. The van der Waals surface area contributed by atoms with Gasteiger partial charge in [0.25, 0.3) is 6.33 Å². The van der Waals surface area contributed by atoms with Gasteiger partial charge in [0.15, 0.2) is 5.52 Å². The Morgan fingerprint density at radius 2 is 1.68 bits per heavy atom. The van der Waals surface area contributed by atoms with Crippen LogP contribution in [0.2, 0.25) is 0 Å². The molecule has 2 nitrogen and oxygen atoms in total. The van der Waals surface area contributed by atoms with E-state index in [-0.39, 0.29) is 0 Å². The van der Waals surface area contributed by atoms with Gasteiger partial charge in [-0.25, -0.2) is 4.57 Å². The maximum Gasteiger partial charge on any atom is 0.254 e. The van der Waals surface area contributed by atoms with Crippen LogP contribution in [0.3, 0.4) is 0 Å². The molecule has 0 aliphatic heterocycles. The Morgan fingerprint density at radius 3 is 2.29 bits per heavy atom. The Bertz CT molecular complexity index is 1040. The number of benzene rings is 1. The Labute approximate surface area is 169 Å². The summed E-state index contributed by atoms with van der Waals surface area (Å²) in [7, 11) is 0. The standard InChI is InChI=1S/C26H33N2/c1-16(2)21-8-7-9-22(17(3)4)25(21)27-14-20-11-10-18-12-19-13-23(26(19,5)6)24(18)28(20)15-27/h7-11,14-17,19,23H,12-13H2,1-6H3/q+1/t19-,23-/m0/s1. The Hall–Kier alpha value is -2.09. The molecule has 0 N–H and O–H groups in total. The van der Waals surface area contributed by atoms with E-state index < -0.39 is 0 Å². The smallest absolute Gasteiger partial charge is 0.201 e. The lowest BCUT2D eigenvalue weighted by Gasteiger charge is -2.55. The molecule has 3 aliphatic rings. The highest BCUT2D eigenvalue weighted by atomic mass is 15.1. The SMILES string of the molecule is CC(C)c1cccc(C(C)C)c1-[n+]1cc2ccc3c(n2c1)[C@@H]1C[C@H](C3)C1(C)C. The van der Waals surface area contributed by atoms with Crippen molar-refractivity contribution in [2.45, 2.75) is 72.1 Å². The molecule has 146 valence electrons. The highest BCUT2D eigenvalue weighted by Crippen LogP contribution is 2.61. The number of imidazole rings is 1. The van der Waals surface area contributed by atoms with Gasteiger partial charge in [-0.05, 0) is 47.6 Å². The van der Waals surface area contributed by atoms with Gasteiger partial charge in [-0.3, -0.25) is 0 Å². The van der Waals surface area contributed by atoms with Gasteiger partial charge < -0.3 is 0 Å². The lowest BCUT2D eigenvalue weighted by atomic mass is 9.48. The minimum Gasteiger partial charge on any atom is -0.201 e. The van der Waals surface area contributed by atoms with E-state index in [0.717, 1.165) is 5.92 Å². The van der Waals surface area contributed by atoms with Crippen LogP contribution in [0.15, 0.2) is 42.9 Å². The predicted octanol–water partition coefficient (Wildman–Crippen LogP) is 6.15. The van der Waals surface area contributed by atoms with Crippen LogP contribution in [0.1, 0.15) is 88.1 Å². The zero-order valence-electron chi connectivity index (χ0n) is 18.2. The van der Waals surface area contributed by atoms with Crippen molar-refractivity contribution < 1.29 is 4.57 Å². The van der Waals surface area contributed by atoms with Crippen LogP contribution in [-0.4, -0.2) is 4.40 Å². The van der Waals surface area contributed by atoms with E-state index in [2.05, 4.69) is 93.4 Å². The number of hydrogen-bond donors (Lipinski definition) is 0. The first-order chi connectivity index (χ1) is 13.3. The van der Waals surface area contributed by atoms with Crippen molar-refractivity contribution >= 4 is 5.52 Å². The first-order valence-corrected chi connectivity index (χ1v) is 11.0. The second-order valence-electron chi connectivity index (χ2n) is 10.3. The molecule has 1 saturated carbocycles. The molecule has 2 bridgehead atoms. The Kier molecular flexibility index (Phi) is 3.82. The van der Waals surface area contributed by atoms with Crippen LogP contribution in [-0.2, 0) is 6.42 Å². The fraction of sp³-hybridized carbons (Fsp3) is 0.500. The highest BCUT2D eigenvalue weighted by molar-refractivity contribution is 5.52. The molecule has 0 unspecified atom stereocenters. The maximum absolute atomic E-state index is 2.50. The molecule has 3 aromatic rings. The van der Waals surface area contributed by atoms with Crippen molar-refractivity contribution in [2.24, 2.45) is 11.3 Å². The molecule has 28 heavy (non-hydrogen) atoms. The number of aromatic nitrogens is 2. The van der Waals surface area contributed by atoms with Crippen molar-refractivity contribution in [2.75, 3.05) is 0 Å². The monoisotopic (exact) mass is 373 g/mol. The van der Waals surface area contributed by atoms with E-state index in [0.29, 0.717) is 23.2 Å². The highest BCUT2D eigenvalue weighted by Gasteiger charge is 2.55. The predicted molar refractivity (Wildman–Crippen MR) is 115 cm³/mol. The summed E-state index contributed by atoms with van der Waals surface area (Å²) in [5.41, 5.74) is 9.14. The number of fused-ring (bicyclic) bond motifs is 1. The van der Waals surface area contributed by atoms with Crippen molar-refractivity contribution in [3.05, 3.63) is 65.2 Å². The average molecular weight is 374 g/mol. The van der Waals surface area contributed by atoms with Crippen molar-refractivity contribution in [3.8, 4) is 5.69 Å². The van der Waals surface area contributed by atoms with Crippen LogP contribution in [0, 0.1) is 11.3 Å². The third-order valence-corrected chi connectivity index (χ3v) is 7.70. The summed E-state index contributed by atoms with van der Waals surface area (Å²) in [6.07, 6.45) is 7.30. The van der Waals surface area contributed by atoms with Crippen LogP contribution in [0.4, 0.5) is 0 Å². The number of rotatable bonds is 3. The minimum atomic E-state index is 0.440. The summed E-state index contributed by atoms with van der Waals surface area (Å²) in [6, 6.07) is 11.5. The molecule has 2 aromatic heterocycles. The summed E-state index contributed by atoms with van der Waals surface area (Å²) in [6.45, 7) is 14.2. The summed E-state index contributed by atoms with van der Waals surface area (Å²) >= 11 is 0. The second kappa shape index (κ2) is 5.95. The van der Waals surface area contributed by atoms with Gasteiger partial charge in [-0.1, -0.05) is 65.8 Å². The van der Waals surface area contributed by atoms with E-state index in [1.165, 1.54) is 35.2 Å².